The van der Waals surface area contributed by atoms with Crippen LogP contribution in [0.1, 0.15) is 26.7 Å². The lowest BCUT2D eigenvalue weighted by Gasteiger charge is -2.21. The summed E-state index contributed by atoms with van der Waals surface area (Å²) in [5, 5.41) is 0. The van der Waals surface area contributed by atoms with Gasteiger partial charge >= 0.3 is 0 Å². The fourth-order valence-electron chi connectivity index (χ4n) is 1.54. The lowest BCUT2D eigenvalue weighted by atomic mass is 10.1. The minimum Gasteiger partial charge on any atom is -0.547 e. The van der Waals surface area contributed by atoms with Gasteiger partial charge in [0.15, 0.2) is 0 Å². The maximum absolute atomic E-state index is 6.00. The third-order valence-corrected chi connectivity index (χ3v) is 3.27. The molecule has 0 N–H and O–H groups in total. The van der Waals surface area contributed by atoms with E-state index in [0.717, 1.165) is 12.3 Å². The van der Waals surface area contributed by atoms with Gasteiger partial charge < -0.3 is 4.43 Å². The third kappa shape index (κ3) is 2.37. The van der Waals surface area contributed by atoms with Gasteiger partial charge in [0.25, 0.3) is 0 Å². The van der Waals surface area contributed by atoms with Gasteiger partial charge in [0, 0.05) is 6.42 Å². The molecule has 1 aliphatic carbocycles. The fraction of sp³-hybridized carbons (Fsp3) is 0.800. The van der Waals surface area contributed by atoms with Crippen molar-refractivity contribution in [3.63, 3.8) is 0 Å². The molecule has 1 unspecified atom stereocenters. The van der Waals surface area contributed by atoms with Crippen LogP contribution in [0.3, 0.4) is 0 Å². The van der Waals surface area contributed by atoms with Crippen LogP contribution in [0.4, 0.5) is 0 Å². The molecule has 70 valence electrons. The lowest BCUT2D eigenvalue weighted by molar-refractivity contribution is 0.404. The van der Waals surface area contributed by atoms with Gasteiger partial charge in [-0.15, -0.1) is 0 Å². The van der Waals surface area contributed by atoms with Crippen molar-refractivity contribution in [3.8, 4) is 0 Å². The van der Waals surface area contributed by atoms with Crippen LogP contribution in [0.15, 0.2) is 11.3 Å². The molecule has 0 amide bonds. The second-order valence-corrected chi connectivity index (χ2v) is 9.19. The van der Waals surface area contributed by atoms with Gasteiger partial charge in [-0.25, -0.2) is 0 Å². The molecule has 0 fully saturated rings. The lowest BCUT2D eigenvalue weighted by Crippen LogP contribution is -2.24. The Balaban J connectivity index is 2.65. The van der Waals surface area contributed by atoms with Crippen molar-refractivity contribution >= 4 is 8.32 Å². The van der Waals surface area contributed by atoms with Gasteiger partial charge in [-0.1, -0.05) is 6.92 Å². The fourth-order valence-corrected chi connectivity index (χ4v) is 2.54. The molecule has 0 aromatic heterocycles. The molecule has 0 saturated heterocycles. The van der Waals surface area contributed by atoms with E-state index in [1.807, 2.05) is 0 Å². The Morgan fingerprint density at radius 2 is 1.92 bits per heavy atom. The van der Waals surface area contributed by atoms with E-state index in [1.54, 1.807) is 0 Å². The molecule has 1 rings (SSSR count). The Labute approximate surface area is 76.9 Å². The summed E-state index contributed by atoms with van der Waals surface area (Å²) in [4.78, 5) is 0. The summed E-state index contributed by atoms with van der Waals surface area (Å²) >= 11 is 0. The molecule has 0 radical (unpaired) electrons. The van der Waals surface area contributed by atoms with Crippen molar-refractivity contribution in [2.24, 2.45) is 5.92 Å². The molecule has 0 aromatic rings. The zero-order valence-corrected chi connectivity index (χ0v) is 9.90. The van der Waals surface area contributed by atoms with Crippen molar-refractivity contribution in [2.75, 3.05) is 0 Å². The van der Waals surface area contributed by atoms with Gasteiger partial charge in [0.1, 0.15) is 0 Å². The normalized spacial score (nSPS) is 24.9. The van der Waals surface area contributed by atoms with Crippen LogP contribution in [0.25, 0.3) is 0 Å². The standard InChI is InChI=1S/C10H20OSi/c1-8-6-7-10(9(8)2)11-12(3,4)5/h8H,6-7H2,1-5H3. The van der Waals surface area contributed by atoms with Crippen molar-refractivity contribution in [3.05, 3.63) is 11.3 Å². The number of rotatable bonds is 2. The summed E-state index contributed by atoms with van der Waals surface area (Å²) in [5.74, 6) is 2.04. The van der Waals surface area contributed by atoms with Crippen LogP contribution >= 0.6 is 0 Å². The summed E-state index contributed by atoms with van der Waals surface area (Å²) in [6.07, 6.45) is 2.45. The van der Waals surface area contributed by atoms with Crippen LogP contribution in [0, 0.1) is 5.92 Å². The molecule has 0 aliphatic heterocycles. The predicted molar refractivity (Wildman–Crippen MR) is 55.5 cm³/mol. The van der Waals surface area contributed by atoms with Crippen LogP contribution in [-0.2, 0) is 4.43 Å². The average molecular weight is 184 g/mol. The summed E-state index contributed by atoms with van der Waals surface area (Å²) < 4.78 is 6.00. The Morgan fingerprint density at radius 1 is 1.33 bits per heavy atom. The van der Waals surface area contributed by atoms with Crippen LogP contribution in [-0.4, -0.2) is 8.32 Å². The molecule has 0 heterocycles. The Kier molecular flexibility index (Phi) is 2.66. The van der Waals surface area contributed by atoms with Gasteiger partial charge in [0.2, 0.25) is 8.32 Å². The second-order valence-electron chi connectivity index (χ2n) is 4.76. The highest BCUT2D eigenvalue weighted by Gasteiger charge is 2.24. The van der Waals surface area contributed by atoms with Gasteiger partial charge in [0.05, 0.1) is 5.76 Å². The second kappa shape index (κ2) is 3.25. The van der Waals surface area contributed by atoms with Crippen molar-refractivity contribution in [1.82, 2.24) is 0 Å². The first-order valence-electron chi connectivity index (χ1n) is 4.79. The minimum atomic E-state index is -1.35. The van der Waals surface area contributed by atoms with E-state index in [4.69, 9.17) is 4.43 Å². The summed E-state index contributed by atoms with van der Waals surface area (Å²) in [6, 6.07) is 0. The largest absolute Gasteiger partial charge is 0.547 e. The van der Waals surface area contributed by atoms with E-state index >= 15 is 0 Å². The molecule has 0 saturated carbocycles. The van der Waals surface area contributed by atoms with Crippen molar-refractivity contribution < 1.29 is 4.43 Å². The molecular weight excluding hydrogens is 164 g/mol. The third-order valence-electron chi connectivity index (χ3n) is 2.41. The molecule has 0 bridgehead atoms. The monoisotopic (exact) mass is 184 g/mol. The SMILES string of the molecule is CC1=C(O[Si](C)(C)C)CCC1C. The molecule has 12 heavy (non-hydrogen) atoms. The summed E-state index contributed by atoms with van der Waals surface area (Å²) in [7, 11) is -1.35. The zero-order valence-electron chi connectivity index (χ0n) is 8.90. The molecule has 1 atom stereocenters. The molecule has 2 heteroatoms. The summed E-state index contributed by atoms with van der Waals surface area (Å²) in [6.45, 7) is 11.2. The van der Waals surface area contributed by atoms with E-state index in [9.17, 15) is 0 Å². The van der Waals surface area contributed by atoms with Gasteiger partial charge in [-0.3, -0.25) is 0 Å². The van der Waals surface area contributed by atoms with Crippen molar-refractivity contribution in [1.29, 1.82) is 0 Å². The quantitative estimate of drug-likeness (QED) is 0.596. The molecule has 0 aromatic carbocycles. The first kappa shape index (κ1) is 9.84. The van der Waals surface area contributed by atoms with E-state index in [2.05, 4.69) is 33.5 Å². The maximum Gasteiger partial charge on any atom is 0.241 e. The van der Waals surface area contributed by atoms with E-state index in [-0.39, 0.29) is 0 Å². The smallest absolute Gasteiger partial charge is 0.241 e. The molecule has 0 spiro atoms. The van der Waals surface area contributed by atoms with Gasteiger partial charge in [-0.05, 0) is 44.5 Å². The van der Waals surface area contributed by atoms with Crippen LogP contribution in [0.5, 0.6) is 0 Å². The van der Waals surface area contributed by atoms with Crippen LogP contribution < -0.4 is 0 Å². The summed E-state index contributed by atoms with van der Waals surface area (Å²) in [5.41, 5.74) is 1.48. The highest BCUT2D eigenvalue weighted by molar-refractivity contribution is 6.70. The first-order chi connectivity index (χ1) is 5.40. The average Bonchev–Trinajstić information content (AvgIpc) is 2.16. The Hall–Kier alpha value is -0.243. The number of hydrogen-bond donors (Lipinski definition) is 0. The topological polar surface area (TPSA) is 9.23 Å². The van der Waals surface area contributed by atoms with E-state index < -0.39 is 8.32 Å². The Morgan fingerprint density at radius 3 is 2.25 bits per heavy atom. The van der Waals surface area contributed by atoms with E-state index in [1.165, 1.54) is 17.8 Å². The molecule has 1 aliphatic rings. The van der Waals surface area contributed by atoms with E-state index in [0.29, 0.717) is 0 Å². The van der Waals surface area contributed by atoms with Gasteiger partial charge in [-0.2, -0.15) is 0 Å². The molecular formula is C10H20OSi. The predicted octanol–water partition coefficient (Wildman–Crippen LogP) is 3.54. The molecule has 1 nitrogen and oxygen atoms in total. The minimum absolute atomic E-state index is 0.747. The van der Waals surface area contributed by atoms with Crippen molar-refractivity contribution in [2.45, 2.75) is 46.3 Å². The Bertz CT molecular complexity index is 200. The highest BCUT2D eigenvalue weighted by Crippen LogP contribution is 2.33. The zero-order chi connectivity index (χ0) is 9.35. The highest BCUT2D eigenvalue weighted by atomic mass is 28.4. The number of hydrogen-bond acceptors (Lipinski definition) is 1. The van der Waals surface area contributed by atoms with Crippen LogP contribution in [0.2, 0.25) is 19.6 Å². The maximum atomic E-state index is 6.00. The number of allylic oxidation sites excluding steroid dienone is 2. The first-order valence-corrected chi connectivity index (χ1v) is 8.19.